The van der Waals surface area contributed by atoms with E-state index in [-0.39, 0.29) is 0 Å². The number of nitrogens with two attached hydrogens (primary N) is 2. The fourth-order valence-electron chi connectivity index (χ4n) is 1.22. The van der Waals surface area contributed by atoms with Crippen LogP contribution in [-0.2, 0) is 16.5 Å². The third kappa shape index (κ3) is 45.3. The van der Waals surface area contributed by atoms with E-state index in [1.807, 2.05) is 0 Å². The molecule has 122 valence electrons. The molecule has 0 heterocycles. The Morgan fingerprint density at radius 2 is 0.895 bits per heavy atom. The van der Waals surface area contributed by atoms with Gasteiger partial charge in [-0.15, -0.1) is 0 Å². The van der Waals surface area contributed by atoms with Gasteiger partial charge in [0.25, 0.3) is 0 Å². The van der Waals surface area contributed by atoms with Gasteiger partial charge in [-0.2, -0.15) is 0 Å². The molecule has 0 aromatic carbocycles. The minimum atomic E-state index is -0.472. The molecule has 0 saturated carbocycles. The normalized spacial score (nSPS) is 9.37. The van der Waals surface area contributed by atoms with Gasteiger partial charge in [-0.25, -0.2) is 0 Å². The van der Waals surface area contributed by atoms with Crippen molar-refractivity contribution in [2.45, 2.75) is 51.4 Å². The summed E-state index contributed by atoms with van der Waals surface area (Å²) in [7, 11) is 9.75. The number of aliphatic hydroxyl groups is 2. The van der Waals surface area contributed by atoms with Gasteiger partial charge in [0.15, 0.2) is 0 Å². The van der Waals surface area contributed by atoms with Gasteiger partial charge in [-0.1, -0.05) is 25.7 Å². The summed E-state index contributed by atoms with van der Waals surface area (Å²) in [5.41, 5.74) is 10.5. The van der Waals surface area contributed by atoms with E-state index < -0.39 is 16.5 Å². The molecule has 0 bridgehead atoms. The quantitative estimate of drug-likeness (QED) is 0.347. The number of aliphatic hydroxyl groups excluding tert-OH is 2. The molecule has 19 heavy (non-hydrogen) atoms. The van der Waals surface area contributed by atoms with E-state index in [1.165, 1.54) is 0 Å². The molecule has 0 spiro atoms. The van der Waals surface area contributed by atoms with Crippen molar-refractivity contribution in [3.05, 3.63) is 0 Å². The third-order valence-corrected chi connectivity index (χ3v) is 2.22. The van der Waals surface area contributed by atoms with Crippen molar-refractivity contribution in [2.75, 3.05) is 26.3 Å². The number of rotatable bonds is 10. The summed E-state index contributed by atoms with van der Waals surface area (Å²) >= 11 is -0.472. The molecular formula is C12H30Cl2N2O2Pt+2. The first-order valence-corrected chi connectivity index (χ1v) is 12.3. The van der Waals surface area contributed by atoms with E-state index in [0.717, 1.165) is 64.5 Å². The van der Waals surface area contributed by atoms with Gasteiger partial charge < -0.3 is 21.7 Å². The maximum absolute atomic E-state index is 8.33. The van der Waals surface area contributed by atoms with Gasteiger partial charge in [-0.3, -0.25) is 0 Å². The van der Waals surface area contributed by atoms with Crippen LogP contribution in [0, 0.1) is 0 Å². The van der Waals surface area contributed by atoms with Gasteiger partial charge in [0.2, 0.25) is 0 Å². The van der Waals surface area contributed by atoms with Crippen LogP contribution in [0.2, 0.25) is 0 Å². The predicted molar refractivity (Wildman–Crippen MR) is 80.9 cm³/mol. The maximum atomic E-state index is 8.33. The molecule has 0 aromatic heterocycles. The Bertz CT molecular complexity index is 104. The summed E-state index contributed by atoms with van der Waals surface area (Å²) in [6.07, 6.45) is 8.62. The Kier molecular flexibility index (Phi) is 41.6. The minimum absolute atomic E-state index is 0.324. The molecule has 7 heteroatoms. The zero-order chi connectivity index (χ0) is 15.2. The van der Waals surface area contributed by atoms with Crippen molar-refractivity contribution in [1.82, 2.24) is 0 Å². The first-order chi connectivity index (χ1) is 9.24. The van der Waals surface area contributed by atoms with Gasteiger partial charge in [0.1, 0.15) is 0 Å². The van der Waals surface area contributed by atoms with E-state index in [0.29, 0.717) is 13.2 Å². The van der Waals surface area contributed by atoms with Crippen LogP contribution in [-0.4, -0.2) is 36.5 Å². The SMILES string of the molecule is NCCCCCCO.NCCCCCCO.[Cl][Pt+2][Cl]. The fourth-order valence-corrected chi connectivity index (χ4v) is 1.22. The van der Waals surface area contributed by atoms with Crippen molar-refractivity contribution in [3.8, 4) is 0 Å². The number of unbranched alkanes of at least 4 members (excludes halogenated alkanes) is 6. The van der Waals surface area contributed by atoms with Gasteiger partial charge in [0, 0.05) is 13.2 Å². The third-order valence-electron chi connectivity index (χ3n) is 2.22. The second-order valence-electron chi connectivity index (χ2n) is 3.90. The van der Waals surface area contributed by atoms with Crippen LogP contribution in [0.15, 0.2) is 0 Å². The summed E-state index contributed by atoms with van der Waals surface area (Å²) < 4.78 is 0. The van der Waals surface area contributed by atoms with Crippen LogP contribution in [0.4, 0.5) is 0 Å². The Hall–Kier alpha value is 1.11. The van der Waals surface area contributed by atoms with E-state index in [2.05, 4.69) is 0 Å². The molecule has 0 unspecified atom stereocenters. The van der Waals surface area contributed by atoms with Crippen molar-refractivity contribution in [3.63, 3.8) is 0 Å². The van der Waals surface area contributed by atoms with Gasteiger partial charge in [0.05, 0.1) is 0 Å². The number of hydrogen-bond donors (Lipinski definition) is 4. The number of halogens is 2. The van der Waals surface area contributed by atoms with Crippen molar-refractivity contribution >= 4 is 18.8 Å². The van der Waals surface area contributed by atoms with E-state index in [1.54, 1.807) is 0 Å². The van der Waals surface area contributed by atoms with E-state index in [9.17, 15) is 0 Å². The van der Waals surface area contributed by atoms with Crippen molar-refractivity contribution in [1.29, 1.82) is 0 Å². The summed E-state index contributed by atoms with van der Waals surface area (Å²) in [5, 5.41) is 16.7. The molecule has 0 aliphatic heterocycles. The summed E-state index contributed by atoms with van der Waals surface area (Å²) in [4.78, 5) is 0. The Morgan fingerprint density at radius 1 is 0.632 bits per heavy atom. The molecule has 0 radical (unpaired) electrons. The molecule has 0 amide bonds. The van der Waals surface area contributed by atoms with Crippen LogP contribution in [0.25, 0.3) is 0 Å². The molecule has 6 N–H and O–H groups in total. The van der Waals surface area contributed by atoms with Crippen LogP contribution in [0.3, 0.4) is 0 Å². The molecule has 0 fully saturated rings. The van der Waals surface area contributed by atoms with Crippen LogP contribution >= 0.6 is 18.8 Å². The van der Waals surface area contributed by atoms with E-state index in [4.69, 9.17) is 40.5 Å². The average molecular weight is 500 g/mol. The molecule has 0 aliphatic carbocycles. The first kappa shape index (κ1) is 25.1. The molecule has 0 atom stereocenters. The molecular weight excluding hydrogens is 470 g/mol. The fraction of sp³-hybridized carbons (Fsp3) is 1.00. The molecule has 0 rings (SSSR count). The van der Waals surface area contributed by atoms with Crippen LogP contribution in [0.5, 0.6) is 0 Å². The molecule has 0 aliphatic rings. The topological polar surface area (TPSA) is 92.5 Å². The monoisotopic (exact) mass is 499 g/mol. The van der Waals surface area contributed by atoms with Gasteiger partial charge in [-0.05, 0) is 38.8 Å². The summed E-state index contributed by atoms with van der Waals surface area (Å²) in [6.45, 7) is 2.21. The summed E-state index contributed by atoms with van der Waals surface area (Å²) in [5.74, 6) is 0. The molecule has 4 nitrogen and oxygen atoms in total. The number of hydrogen-bond acceptors (Lipinski definition) is 4. The second-order valence-corrected chi connectivity index (χ2v) is 7.18. The molecule has 0 aromatic rings. The first-order valence-electron chi connectivity index (χ1n) is 6.69. The Morgan fingerprint density at radius 3 is 1.11 bits per heavy atom. The predicted octanol–water partition coefficient (Wildman–Crippen LogP) is 2.37. The standard InChI is InChI=1S/2C6H15NO.2ClH.Pt/c2*7-5-3-1-2-4-6-8;;;/h2*8H,1-7H2;2*1H;/q;;;;+4/p-2. The van der Waals surface area contributed by atoms with E-state index >= 15 is 0 Å². The van der Waals surface area contributed by atoms with Gasteiger partial charge >= 0.3 is 35.3 Å². The van der Waals surface area contributed by atoms with Crippen LogP contribution < -0.4 is 11.5 Å². The molecule has 0 saturated heterocycles. The second kappa shape index (κ2) is 31.5. The zero-order valence-electron chi connectivity index (χ0n) is 11.6. The Labute approximate surface area is 134 Å². The van der Waals surface area contributed by atoms with Crippen molar-refractivity contribution < 1.29 is 26.7 Å². The summed E-state index contributed by atoms with van der Waals surface area (Å²) in [6, 6.07) is 0. The Balaban J connectivity index is -0.000000224. The zero-order valence-corrected chi connectivity index (χ0v) is 15.4. The van der Waals surface area contributed by atoms with Crippen LogP contribution in [0.1, 0.15) is 51.4 Å². The van der Waals surface area contributed by atoms with Crippen molar-refractivity contribution in [2.24, 2.45) is 11.5 Å². The average Bonchev–Trinajstić information content (AvgIpc) is 2.42.